The maximum atomic E-state index is 10.8. The van der Waals surface area contributed by atoms with Crippen LogP contribution in [0.15, 0.2) is 18.2 Å². The van der Waals surface area contributed by atoms with Gasteiger partial charge < -0.3 is 5.11 Å². The Hall–Kier alpha value is -1.35. The zero-order valence-electron chi connectivity index (χ0n) is 12.6. The van der Waals surface area contributed by atoms with Crippen LogP contribution in [0.3, 0.4) is 0 Å². The summed E-state index contributed by atoms with van der Waals surface area (Å²) in [6.45, 7) is 6.33. The van der Waals surface area contributed by atoms with Gasteiger partial charge >= 0.3 is 5.97 Å². The first-order chi connectivity index (χ1) is 9.56. The summed E-state index contributed by atoms with van der Waals surface area (Å²) in [7, 11) is 0. The second-order valence-corrected chi connectivity index (χ2v) is 5.98. The van der Waals surface area contributed by atoms with Crippen molar-refractivity contribution in [1.82, 2.24) is 4.90 Å². The molecule has 1 unspecified atom stereocenters. The Bertz CT molecular complexity index is 470. The molecule has 1 N–H and O–H groups in total. The monoisotopic (exact) mass is 275 g/mol. The van der Waals surface area contributed by atoms with Crippen LogP contribution in [0.25, 0.3) is 0 Å². The number of carbonyl (C=O) groups is 1. The number of rotatable bonds is 5. The summed E-state index contributed by atoms with van der Waals surface area (Å²) in [6.07, 6.45) is 4.66. The van der Waals surface area contributed by atoms with Crippen LogP contribution in [0.1, 0.15) is 48.8 Å². The lowest BCUT2D eigenvalue weighted by molar-refractivity contribution is -0.137. The molecule has 1 heterocycles. The van der Waals surface area contributed by atoms with Crippen LogP contribution in [0, 0.1) is 13.8 Å². The van der Waals surface area contributed by atoms with Crippen molar-refractivity contribution in [3.05, 3.63) is 34.9 Å². The molecule has 0 aliphatic carbocycles. The van der Waals surface area contributed by atoms with Crippen LogP contribution >= 0.6 is 0 Å². The van der Waals surface area contributed by atoms with E-state index in [0.717, 1.165) is 25.9 Å². The molecule has 0 bridgehead atoms. The highest BCUT2D eigenvalue weighted by Gasteiger charge is 2.23. The van der Waals surface area contributed by atoms with Gasteiger partial charge in [0, 0.05) is 19.0 Å². The number of hydrogen-bond acceptors (Lipinski definition) is 2. The van der Waals surface area contributed by atoms with E-state index in [9.17, 15) is 4.79 Å². The summed E-state index contributed by atoms with van der Waals surface area (Å²) in [5.41, 5.74) is 4.01. The Labute approximate surface area is 121 Å². The highest BCUT2D eigenvalue weighted by molar-refractivity contribution is 5.66. The van der Waals surface area contributed by atoms with Crippen LogP contribution < -0.4 is 0 Å². The lowest BCUT2D eigenvalue weighted by Gasteiger charge is -2.36. The fourth-order valence-electron chi connectivity index (χ4n) is 3.07. The Morgan fingerprint density at radius 1 is 1.35 bits per heavy atom. The molecule has 1 aliphatic heterocycles. The summed E-state index contributed by atoms with van der Waals surface area (Å²) in [5, 5.41) is 8.88. The first-order valence-corrected chi connectivity index (χ1v) is 7.58. The lowest BCUT2D eigenvalue weighted by atomic mass is 9.96. The zero-order valence-corrected chi connectivity index (χ0v) is 12.6. The molecule has 0 aromatic heterocycles. The van der Waals surface area contributed by atoms with Crippen molar-refractivity contribution in [2.24, 2.45) is 0 Å². The first-order valence-electron chi connectivity index (χ1n) is 7.58. The minimum absolute atomic E-state index is 0.286. The van der Waals surface area contributed by atoms with Gasteiger partial charge in [-0.15, -0.1) is 0 Å². The van der Waals surface area contributed by atoms with Gasteiger partial charge in [0.2, 0.25) is 0 Å². The summed E-state index contributed by atoms with van der Waals surface area (Å²) in [5.74, 6) is -0.678. The molecule has 1 saturated heterocycles. The van der Waals surface area contributed by atoms with E-state index in [4.69, 9.17) is 5.11 Å². The molecule has 0 spiro atoms. The number of carboxylic acid groups (broad SMARTS) is 1. The van der Waals surface area contributed by atoms with Gasteiger partial charge in [0.15, 0.2) is 0 Å². The van der Waals surface area contributed by atoms with Gasteiger partial charge in [-0.05, 0) is 50.8 Å². The number of carboxylic acids is 1. The largest absolute Gasteiger partial charge is 0.481 e. The highest BCUT2D eigenvalue weighted by Crippen LogP contribution is 2.24. The average molecular weight is 275 g/mol. The number of nitrogens with zero attached hydrogens (tertiary/aromatic N) is 1. The molecule has 3 nitrogen and oxygen atoms in total. The summed E-state index contributed by atoms with van der Waals surface area (Å²) < 4.78 is 0. The number of likely N-dealkylation sites (tertiary alicyclic amines) is 1. The zero-order chi connectivity index (χ0) is 14.5. The molecule has 1 aliphatic rings. The first kappa shape index (κ1) is 15.0. The third kappa shape index (κ3) is 4.07. The van der Waals surface area contributed by atoms with E-state index in [1.165, 1.54) is 29.5 Å². The minimum Gasteiger partial charge on any atom is -0.481 e. The van der Waals surface area contributed by atoms with Gasteiger partial charge in [0.05, 0.1) is 0 Å². The van der Waals surface area contributed by atoms with Gasteiger partial charge in [-0.1, -0.05) is 30.2 Å². The van der Waals surface area contributed by atoms with E-state index >= 15 is 0 Å². The van der Waals surface area contributed by atoms with Crippen molar-refractivity contribution < 1.29 is 9.90 Å². The Kier molecular flexibility index (Phi) is 5.18. The van der Waals surface area contributed by atoms with E-state index in [0.29, 0.717) is 6.04 Å². The van der Waals surface area contributed by atoms with Crippen molar-refractivity contribution in [2.45, 2.75) is 58.5 Å². The predicted molar refractivity (Wildman–Crippen MR) is 80.8 cm³/mol. The molecule has 1 fully saturated rings. The molecule has 0 radical (unpaired) electrons. The van der Waals surface area contributed by atoms with Crippen molar-refractivity contribution >= 4 is 5.97 Å². The Morgan fingerprint density at radius 3 is 2.90 bits per heavy atom. The smallest absolute Gasteiger partial charge is 0.303 e. The third-order valence-electron chi connectivity index (χ3n) is 4.32. The van der Waals surface area contributed by atoms with E-state index < -0.39 is 5.97 Å². The van der Waals surface area contributed by atoms with E-state index in [1.807, 2.05) is 0 Å². The molecule has 3 heteroatoms. The van der Waals surface area contributed by atoms with Crippen molar-refractivity contribution in [2.75, 3.05) is 6.54 Å². The van der Waals surface area contributed by atoms with E-state index in [-0.39, 0.29) is 6.42 Å². The summed E-state index contributed by atoms with van der Waals surface area (Å²) >= 11 is 0. The molecule has 0 amide bonds. The molecule has 110 valence electrons. The molecular formula is C17H25NO2. The van der Waals surface area contributed by atoms with Gasteiger partial charge in [0.1, 0.15) is 0 Å². The molecule has 0 saturated carbocycles. The second-order valence-electron chi connectivity index (χ2n) is 5.98. The molecule has 2 rings (SSSR count). The van der Waals surface area contributed by atoms with E-state index in [2.05, 4.69) is 36.9 Å². The summed E-state index contributed by atoms with van der Waals surface area (Å²) in [4.78, 5) is 13.3. The van der Waals surface area contributed by atoms with Gasteiger partial charge in [-0.2, -0.15) is 0 Å². The standard InChI is InChI=1S/C17H25NO2/c1-13-6-7-14(2)15(11-13)12-18-10-4-3-5-16(18)8-9-17(19)20/h6-7,11,16H,3-5,8-10,12H2,1-2H3,(H,19,20). The fraction of sp³-hybridized carbons (Fsp3) is 0.588. The van der Waals surface area contributed by atoms with Crippen molar-refractivity contribution in [1.29, 1.82) is 0 Å². The van der Waals surface area contributed by atoms with Gasteiger partial charge in [-0.25, -0.2) is 0 Å². The average Bonchev–Trinajstić information content (AvgIpc) is 2.42. The van der Waals surface area contributed by atoms with Crippen molar-refractivity contribution in [3.63, 3.8) is 0 Å². The van der Waals surface area contributed by atoms with Gasteiger partial charge in [-0.3, -0.25) is 9.69 Å². The van der Waals surface area contributed by atoms with Crippen LogP contribution in [0.5, 0.6) is 0 Å². The number of aliphatic carboxylic acids is 1. The Balaban J connectivity index is 2.04. The topological polar surface area (TPSA) is 40.5 Å². The van der Waals surface area contributed by atoms with Crippen LogP contribution in [-0.2, 0) is 11.3 Å². The molecule has 20 heavy (non-hydrogen) atoms. The number of piperidine rings is 1. The Morgan fingerprint density at radius 2 is 2.15 bits per heavy atom. The quantitative estimate of drug-likeness (QED) is 0.893. The second kappa shape index (κ2) is 6.89. The number of hydrogen-bond donors (Lipinski definition) is 1. The maximum absolute atomic E-state index is 10.8. The van der Waals surface area contributed by atoms with Crippen LogP contribution in [0.2, 0.25) is 0 Å². The maximum Gasteiger partial charge on any atom is 0.303 e. The van der Waals surface area contributed by atoms with Crippen LogP contribution in [-0.4, -0.2) is 28.6 Å². The van der Waals surface area contributed by atoms with Crippen LogP contribution in [0.4, 0.5) is 0 Å². The van der Waals surface area contributed by atoms with Crippen molar-refractivity contribution in [3.8, 4) is 0 Å². The molecular weight excluding hydrogens is 250 g/mol. The predicted octanol–water partition coefficient (Wildman–Crippen LogP) is 3.52. The molecule has 1 aromatic carbocycles. The summed E-state index contributed by atoms with van der Waals surface area (Å²) in [6, 6.07) is 7.02. The van der Waals surface area contributed by atoms with Gasteiger partial charge in [0.25, 0.3) is 0 Å². The van der Waals surface area contributed by atoms with E-state index in [1.54, 1.807) is 0 Å². The number of aryl methyl sites for hydroxylation is 2. The third-order valence-corrected chi connectivity index (χ3v) is 4.32. The lowest BCUT2D eigenvalue weighted by Crippen LogP contribution is -2.39. The highest BCUT2D eigenvalue weighted by atomic mass is 16.4. The minimum atomic E-state index is -0.678. The number of benzene rings is 1. The normalized spacial score (nSPS) is 20.0. The molecule has 1 atom stereocenters. The fourth-order valence-corrected chi connectivity index (χ4v) is 3.07. The SMILES string of the molecule is Cc1ccc(C)c(CN2CCCCC2CCC(=O)O)c1. The molecule has 1 aromatic rings.